The monoisotopic (exact) mass is 363 g/mol. The van der Waals surface area contributed by atoms with Crippen LogP contribution >= 0.6 is 0 Å². The van der Waals surface area contributed by atoms with Crippen LogP contribution in [0.3, 0.4) is 0 Å². The van der Waals surface area contributed by atoms with Crippen molar-refractivity contribution >= 4 is 23.8 Å². The average Bonchev–Trinajstić information content (AvgIpc) is 2.54. The summed E-state index contributed by atoms with van der Waals surface area (Å²) >= 11 is 0. The summed E-state index contributed by atoms with van der Waals surface area (Å²) in [6, 6.07) is 5.32. The second-order valence-corrected chi connectivity index (χ2v) is 7.25. The fourth-order valence-corrected chi connectivity index (χ4v) is 2.64. The van der Waals surface area contributed by atoms with E-state index in [-0.39, 0.29) is 17.7 Å². The molecule has 1 saturated heterocycles. The first-order chi connectivity index (χ1) is 12.1. The average molecular weight is 363 g/mol. The van der Waals surface area contributed by atoms with Gasteiger partial charge < -0.3 is 25.4 Å². The molecular formula is C18H25N3O5. The van der Waals surface area contributed by atoms with Gasteiger partial charge in [0.2, 0.25) is 0 Å². The first-order valence-electron chi connectivity index (χ1n) is 8.53. The minimum Gasteiger partial charge on any atom is -0.478 e. The number of hydrogen-bond acceptors (Lipinski definition) is 4. The first-order valence-corrected chi connectivity index (χ1v) is 8.53. The summed E-state index contributed by atoms with van der Waals surface area (Å²) in [5, 5.41) is 14.4. The van der Waals surface area contributed by atoms with Crippen LogP contribution in [0.15, 0.2) is 24.3 Å². The molecule has 1 aromatic carbocycles. The molecule has 0 spiro atoms. The van der Waals surface area contributed by atoms with Crippen LogP contribution in [0.1, 0.15) is 44.0 Å². The molecule has 8 nitrogen and oxygen atoms in total. The lowest BCUT2D eigenvalue weighted by Gasteiger charge is -2.34. The van der Waals surface area contributed by atoms with E-state index in [1.165, 1.54) is 24.3 Å². The van der Waals surface area contributed by atoms with Crippen molar-refractivity contribution in [1.29, 1.82) is 0 Å². The third-order valence-electron chi connectivity index (χ3n) is 3.80. The van der Waals surface area contributed by atoms with Gasteiger partial charge in [0.15, 0.2) is 0 Å². The molecule has 142 valence electrons. The predicted molar refractivity (Wildman–Crippen MR) is 96.4 cm³/mol. The summed E-state index contributed by atoms with van der Waals surface area (Å²) in [6.45, 7) is 6.43. The van der Waals surface area contributed by atoms with Gasteiger partial charge in [-0.15, -0.1) is 0 Å². The van der Waals surface area contributed by atoms with Crippen LogP contribution in [-0.2, 0) is 4.74 Å². The molecule has 1 atom stereocenters. The molecule has 1 fully saturated rings. The van der Waals surface area contributed by atoms with E-state index in [2.05, 4.69) is 10.6 Å². The van der Waals surface area contributed by atoms with Gasteiger partial charge in [-0.2, -0.15) is 0 Å². The smallest absolute Gasteiger partial charge is 0.410 e. The van der Waals surface area contributed by atoms with Gasteiger partial charge in [0.25, 0.3) is 0 Å². The largest absolute Gasteiger partial charge is 0.478 e. The number of carbonyl (C=O) groups excluding carboxylic acids is 2. The van der Waals surface area contributed by atoms with Crippen molar-refractivity contribution < 1.29 is 24.2 Å². The Bertz CT molecular complexity index is 666. The number of rotatable bonds is 3. The van der Waals surface area contributed by atoms with Gasteiger partial charge in [-0.1, -0.05) is 0 Å². The van der Waals surface area contributed by atoms with Gasteiger partial charge in [-0.05, 0) is 57.9 Å². The normalized spacial score (nSPS) is 17.3. The second-order valence-electron chi connectivity index (χ2n) is 7.25. The van der Waals surface area contributed by atoms with E-state index in [1.807, 2.05) is 20.8 Å². The zero-order chi connectivity index (χ0) is 19.3. The Morgan fingerprint density at radius 3 is 2.42 bits per heavy atom. The van der Waals surface area contributed by atoms with Crippen LogP contribution in [0.25, 0.3) is 0 Å². The number of likely N-dealkylation sites (tertiary alicyclic amines) is 1. The fraction of sp³-hybridized carbons (Fsp3) is 0.500. The highest BCUT2D eigenvalue weighted by Crippen LogP contribution is 2.16. The lowest BCUT2D eigenvalue weighted by Crippen LogP contribution is -2.51. The summed E-state index contributed by atoms with van der Waals surface area (Å²) in [4.78, 5) is 36.7. The van der Waals surface area contributed by atoms with Gasteiger partial charge in [0.05, 0.1) is 5.56 Å². The van der Waals surface area contributed by atoms with Crippen molar-refractivity contribution in [3.63, 3.8) is 0 Å². The van der Waals surface area contributed by atoms with E-state index >= 15 is 0 Å². The lowest BCUT2D eigenvalue weighted by atomic mass is 10.1. The lowest BCUT2D eigenvalue weighted by molar-refractivity contribution is 0.0191. The Hall–Kier alpha value is -2.77. The van der Waals surface area contributed by atoms with Crippen molar-refractivity contribution in [2.75, 3.05) is 18.4 Å². The number of nitrogens with zero attached hydrogens (tertiary/aromatic N) is 1. The fourth-order valence-electron chi connectivity index (χ4n) is 2.64. The van der Waals surface area contributed by atoms with E-state index in [1.54, 1.807) is 4.90 Å². The number of carbonyl (C=O) groups is 3. The van der Waals surface area contributed by atoms with E-state index in [4.69, 9.17) is 9.84 Å². The SMILES string of the molecule is CC(C)(C)OC(=O)N1CCCC(NC(=O)Nc2ccc(C(=O)O)cc2)C1. The Morgan fingerprint density at radius 2 is 1.85 bits per heavy atom. The van der Waals surface area contributed by atoms with Crippen LogP contribution in [0.5, 0.6) is 0 Å². The number of nitrogens with one attached hydrogen (secondary N) is 2. The maximum absolute atomic E-state index is 12.2. The van der Waals surface area contributed by atoms with Crippen LogP contribution in [-0.4, -0.2) is 52.8 Å². The van der Waals surface area contributed by atoms with Gasteiger partial charge in [0, 0.05) is 24.8 Å². The summed E-state index contributed by atoms with van der Waals surface area (Å²) in [5.41, 5.74) is 0.0836. The molecular weight excluding hydrogens is 338 g/mol. The molecule has 1 unspecified atom stereocenters. The number of piperidine rings is 1. The predicted octanol–water partition coefficient (Wildman–Crippen LogP) is 2.91. The van der Waals surface area contributed by atoms with Gasteiger partial charge in [0.1, 0.15) is 5.60 Å². The molecule has 0 aliphatic carbocycles. The molecule has 1 aliphatic heterocycles. The Morgan fingerprint density at radius 1 is 1.19 bits per heavy atom. The first kappa shape index (κ1) is 19.6. The van der Waals surface area contributed by atoms with E-state index < -0.39 is 17.6 Å². The molecule has 0 radical (unpaired) electrons. The maximum Gasteiger partial charge on any atom is 0.410 e. The number of hydrogen-bond donors (Lipinski definition) is 3. The summed E-state index contributed by atoms with van der Waals surface area (Å²) < 4.78 is 5.37. The highest BCUT2D eigenvalue weighted by molar-refractivity contribution is 5.91. The van der Waals surface area contributed by atoms with Crippen molar-refractivity contribution in [2.24, 2.45) is 0 Å². The number of urea groups is 1. The molecule has 1 aromatic rings. The van der Waals surface area contributed by atoms with Crippen molar-refractivity contribution in [3.8, 4) is 0 Å². The Labute approximate surface area is 152 Å². The minimum absolute atomic E-state index is 0.149. The van der Waals surface area contributed by atoms with E-state index in [0.717, 1.165) is 12.8 Å². The van der Waals surface area contributed by atoms with Crippen molar-refractivity contribution in [3.05, 3.63) is 29.8 Å². The Kier molecular flexibility index (Phi) is 6.07. The molecule has 2 rings (SSSR count). The molecule has 0 bridgehead atoms. The molecule has 0 aromatic heterocycles. The van der Waals surface area contributed by atoms with E-state index in [9.17, 15) is 14.4 Å². The van der Waals surface area contributed by atoms with Crippen LogP contribution < -0.4 is 10.6 Å². The number of carboxylic acids is 1. The van der Waals surface area contributed by atoms with E-state index in [0.29, 0.717) is 18.8 Å². The number of anilines is 1. The zero-order valence-corrected chi connectivity index (χ0v) is 15.2. The quantitative estimate of drug-likeness (QED) is 0.765. The van der Waals surface area contributed by atoms with Gasteiger partial charge in [-0.25, -0.2) is 14.4 Å². The zero-order valence-electron chi connectivity index (χ0n) is 15.2. The van der Waals surface area contributed by atoms with Gasteiger partial charge in [-0.3, -0.25) is 0 Å². The van der Waals surface area contributed by atoms with Crippen LogP contribution in [0, 0.1) is 0 Å². The third kappa shape index (κ3) is 5.94. The maximum atomic E-state index is 12.2. The second kappa shape index (κ2) is 8.07. The molecule has 1 heterocycles. The summed E-state index contributed by atoms with van der Waals surface area (Å²) in [7, 11) is 0. The van der Waals surface area contributed by atoms with Crippen molar-refractivity contribution in [1.82, 2.24) is 10.2 Å². The third-order valence-corrected chi connectivity index (χ3v) is 3.80. The molecule has 1 aliphatic rings. The number of amides is 3. The van der Waals surface area contributed by atoms with Gasteiger partial charge >= 0.3 is 18.1 Å². The highest BCUT2D eigenvalue weighted by atomic mass is 16.6. The van der Waals surface area contributed by atoms with Crippen molar-refractivity contribution in [2.45, 2.75) is 45.3 Å². The summed E-state index contributed by atoms with van der Waals surface area (Å²) in [6.07, 6.45) is 1.16. The standard InChI is InChI=1S/C18H25N3O5/c1-18(2,3)26-17(25)21-10-4-5-14(11-21)20-16(24)19-13-8-6-12(7-9-13)15(22)23/h6-9,14H,4-5,10-11H2,1-3H3,(H,22,23)(H2,19,20,24). The minimum atomic E-state index is -1.02. The van der Waals surface area contributed by atoms with Crippen LogP contribution in [0.4, 0.5) is 15.3 Å². The number of carboxylic acid groups (broad SMARTS) is 1. The number of ether oxygens (including phenoxy) is 1. The Balaban J connectivity index is 1.86. The number of aromatic carboxylic acids is 1. The topological polar surface area (TPSA) is 108 Å². The molecule has 8 heteroatoms. The molecule has 26 heavy (non-hydrogen) atoms. The van der Waals surface area contributed by atoms with Crippen LogP contribution in [0.2, 0.25) is 0 Å². The molecule has 0 saturated carbocycles. The molecule has 3 amide bonds. The number of benzene rings is 1. The molecule has 3 N–H and O–H groups in total. The summed E-state index contributed by atoms with van der Waals surface area (Å²) in [5.74, 6) is -1.02. The highest BCUT2D eigenvalue weighted by Gasteiger charge is 2.28.